The van der Waals surface area contributed by atoms with Crippen molar-refractivity contribution in [3.05, 3.63) is 35.4 Å². The molecule has 1 saturated heterocycles. The number of halogens is 3. The fourth-order valence-electron chi connectivity index (χ4n) is 2.10. The topological polar surface area (TPSA) is 41.1 Å². The van der Waals surface area contributed by atoms with Gasteiger partial charge in [0.05, 0.1) is 0 Å². The number of rotatable bonds is 4. The van der Waals surface area contributed by atoms with Crippen molar-refractivity contribution in [1.29, 1.82) is 0 Å². The van der Waals surface area contributed by atoms with Crippen LogP contribution in [0.1, 0.15) is 29.6 Å². The molecule has 1 atom stereocenters. The summed E-state index contributed by atoms with van der Waals surface area (Å²) in [4.78, 5) is 11.7. The third kappa shape index (κ3) is 4.44. The summed E-state index contributed by atoms with van der Waals surface area (Å²) in [6.45, 7) is 1.57. The third-order valence-corrected chi connectivity index (χ3v) is 3.12. The summed E-state index contributed by atoms with van der Waals surface area (Å²) >= 11 is 0. The van der Waals surface area contributed by atoms with Crippen molar-refractivity contribution in [2.24, 2.45) is 0 Å². The maximum absolute atomic E-state index is 12.9. The molecule has 0 unspecified atom stereocenters. The second kappa shape index (κ2) is 7.40. The molecule has 1 aromatic rings. The van der Waals surface area contributed by atoms with Crippen LogP contribution in [0.25, 0.3) is 0 Å². The quantitative estimate of drug-likeness (QED) is 0.893. The number of carbonyl (C=O) groups is 1. The van der Waals surface area contributed by atoms with Gasteiger partial charge in [-0.3, -0.25) is 4.79 Å². The number of nitrogens with one attached hydrogen (secondary N) is 2. The van der Waals surface area contributed by atoms with Crippen molar-refractivity contribution in [2.75, 3.05) is 13.1 Å². The lowest BCUT2D eigenvalue weighted by Crippen LogP contribution is -2.30. The van der Waals surface area contributed by atoms with Gasteiger partial charge in [-0.15, -0.1) is 12.4 Å². The van der Waals surface area contributed by atoms with Gasteiger partial charge in [0.15, 0.2) is 11.6 Å². The molecule has 2 rings (SSSR count). The molecule has 2 N–H and O–H groups in total. The normalized spacial score (nSPS) is 17.9. The molecule has 1 aliphatic rings. The highest BCUT2D eigenvalue weighted by Gasteiger charge is 2.14. The number of benzene rings is 1. The summed E-state index contributed by atoms with van der Waals surface area (Å²) in [7, 11) is 0. The van der Waals surface area contributed by atoms with Crippen LogP contribution >= 0.6 is 12.4 Å². The van der Waals surface area contributed by atoms with Gasteiger partial charge in [0.2, 0.25) is 0 Å². The average molecular weight is 291 g/mol. The van der Waals surface area contributed by atoms with E-state index in [1.54, 1.807) is 0 Å². The van der Waals surface area contributed by atoms with E-state index in [2.05, 4.69) is 10.6 Å². The summed E-state index contributed by atoms with van der Waals surface area (Å²) in [5.74, 6) is -2.31. The standard InChI is InChI=1S/C13H16F2N2O.ClH/c14-11-4-3-9(8-12(11)15)13(18)17-7-5-10-2-1-6-16-10;/h3-4,8,10,16H,1-2,5-7H2,(H,17,18);1H/t10-;/m1./s1. The van der Waals surface area contributed by atoms with Gasteiger partial charge in [-0.25, -0.2) is 8.78 Å². The summed E-state index contributed by atoms with van der Waals surface area (Å²) in [5, 5.41) is 6.03. The number of hydrogen-bond donors (Lipinski definition) is 2. The second-order valence-electron chi connectivity index (χ2n) is 4.47. The minimum Gasteiger partial charge on any atom is -0.352 e. The highest BCUT2D eigenvalue weighted by Crippen LogP contribution is 2.10. The molecule has 0 spiro atoms. The maximum atomic E-state index is 12.9. The van der Waals surface area contributed by atoms with Crippen LogP contribution in [0.5, 0.6) is 0 Å². The van der Waals surface area contributed by atoms with Crippen molar-refractivity contribution < 1.29 is 13.6 Å². The van der Waals surface area contributed by atoms with Gasteiger partial charge < -0.3 is 10.6 Å². The first kappa shape index (κ1) is 15.9. The fourth-order valence-corrected chi connectivity index (χ4v) is 2.10. The van der Waals surface area contributed by atoms with Crippen molar-refractivity contribution in [3.8, 4) is 0 Å². The average Bonchev–Trinajstić information content (AvgIpc) is 2.85. The Morgan fingerprint density at radius 2 is 2.16 bits per heavy atom. The minimum atomic E-state index is -1.000. The Balaban J connectivity index is 0.00000180. The van der Waals surface area contributed by atoms with Gasteiger partial charge in [0.1, 0.15) is 0 Å². The van der Waals surface area contributed by atoms with Gasteiger partial charge in [0.25, 0.3) is 5.91 Å². The van der Waals surface area contributed by atoms with E-state index in [1.165, 1.54) is 12.5 Å². The predicted molar refractivity (Wildman–Crippen MR) is 71.6 cm³/mol. The first-order chi connectivity index (χ1) is 8.66. The first-order valence-corrected chi connectivity index (χ1v) is 6.13. The molecular formula is C13H17ClF2N2O. The molecule has 1 fully saturated rings. The molecule has 6 heteroatoms. The van der Waals surface area contributed by atoms with Gasteiger partial charge >= 0.3 is 0 Å². The number of hydrogen-bond acceptors (Lipinski definition) is 2. The van der Waals surface area contributed by atoms with E-state index < -0.39 is 11.6 Å². The monoisotopic (exact) mass is 290 g/mol. The van der Waals surface area contributed by atoms with Crippen LogP contribution in [0.15, 0.2) is 18.2 Å². The SMILES string of the molecule is Cl.O=C(NCC[C@H]1CCCN1)c1ccc(F)c(F)c1. The summed E-state index contributed by atoms with van der Waals surface area (Å²) in [6, 6.07) is 3.61. The van der Waals surface area contributed by atoms with Crippen molar-refractivity contribution in [3.63, 3.8) is 0 Å². The Morgan fingerprint density at radius 3 is 2.79 bits per heavy atom. The molecule has 1 amide bonds. The molecule has 1 heterocycles. The summed E-state index contributed by atoms with van der Waals surface area (Å²) in [5.41, 5.74) is 0.147. The van der Waals surface area contributed by atoms with Gasteiger partial charge in [-0.05, 0) is 44.0 Å². The molecule has 0 radical (unpaired) electrons. The van der Waals surface area contributed by atoms with Crippen LogP contribution < -0.4 is 10.6 Å². The molecule has 19 heavy (non-hydrogen) atoms. The van der Waals surface area contributed by atoms with Crippen LogP contribution in [0, 0.1) is 11.6 Å². The van der Waals surface area contributed by atoms with Crippen LogP contribution in [0.3, 0.4) is 0 Å². The van der Waals surface area contributed by atoms with Crippen molar-refractivity contribution in [2.45, 2.75) is 25.3 Å². The smallest absolute Gasteiger partial charge is 0.251 e. The van der Waals surface area contributed by atoms with Crippen molar-refractivity contribution >= 4 is 18.3 Å². The van der Waals surface area contributed by atoms with Gasteiger partial charge in [0, 0.05) is 18.2 Å². The van der Waals surface area contributed by atoms with Gasteiger partial charge in [-0.2, -0.15) is 0 Å². The molecule has 0 aromatic heterocycles. The molecule has 0 aliphatic carbocycles. The van der Waals surface area contributed by atoms with E-state index in [0.29, 0.717) is 12.6 Å². The molecule has 106 valence electrons. The lowest BCUT2D eigenvalue weighted by atomic mass is 10.1. The largest absolute Gasteiger partial charge is 0.352 e. The van der Waals surface area contributed by atoms with Crippen LogP contribution in [0.2, 0.25) is 0 Å². The number of amides is 1. The third-order valence-electron chi connectivity index (χ3n) is 3.12. The van der Waals surface area contributed by atoms with E-state index >= 15 is 0 Å². The second-order valence-corrected chi connectivity index (χ2v) is 4.47. The lowest BCUT2D eigenvalue weighted by Gasteiger charge is -2.10. The Kier molecular flexibility index (Phi) is 6.18. The predicted octanol–water partition coefficient (Wildman–Crippen LogP) is 2.26. The van der Waals surface area contributed by atoms with Crippen molar-refractivity contribution in [1.82, 2.24) is 10.6 Å². The van der Waals surface area contributed by atoms with E-state index in [4.69, 9.17) is 0 Å². The van der Waals surface area contributed by atoms with E-state index in [-0.39, 0.29) is 23.9 Å². The summed E-state index contributed by atoms with van der Waals surface area (Å²) in [6.07, 6.45) is 3.15. The van der Waals surface area contributed by atoms with Crippen LogP contribution in [-0.2, 0) is 0 Å². The highest BCUT2D eigenvalue weighted by molar-refractivity contribution is 5.94. The molecular weight excluding hydrogens is 274 g/mol. The Bertz CT molecular complexity index is 437. The molecule has 1 aromatic carbocycles. The minimum absolute atomic E-state index is 0. The molecule has 1 aliphatic heterocycles. The zero-order chi connectivity index (χ0) is 13.0. The van der Waals surface area contributed by atoms with Crippen LogP contribution in [0.4, 0.5) is 8.78 Å². The zero-order valence-corrected chi connectivity index (χ0v) is 11.2. The molecule has 0 bridgehead atoms. The van der Waals surface area contributed by atoms with Gasteiger partial charge in [-0.1, -0.05) is 0 Å². The summed E-state index contributed by atoms with van der Waals surface area (Å²) < 4.78 is 25.6. The van der Waals surface area contributed by atoms with E-state index in [9.17, 15) is 13.6 Å². The molecule has 0 saturated carbocycles. The lowest BCUT2D eigenvalue weighted by molar-refractivity contribution is 0.0952. The number of carbonyl (C=O) groups excluding carboxylic acids is 1. The van der Waals surface area contributed by atoms with Crippen LogP contribution in [-0.4, -0.2) is 25.0 Å². The first-order valence-electron chi connectivity index (χ1n) is 6.13. The fraction of sp³-hybridized carbons (Fsp3) is 0.462. The van der Waals surface area contributed by atoms with E-state index in [0.717, 1.165) is 31.5 Å². The zero-order valence-electron chi connectivity index (χ0n) is 10.4. The molecule has 3 nitrogen and oxygen atoms in total. The van der Waals surface area contributed by atoms with E-state index in [1.807, 2.05) is 0 Å². The Morgan fingerprint density at radius 1 is 1.37 bits per heavy atom. The Labute approximate surface area is 117 Å². The highest BCUT2D eigenvalue weighted by atomic mass is 35.5. The maximum Gasteiger partial charge on any atom is 0.251 e. The Hall–Kier alpha value is -1.20.